The van der Waals surface area contributed by atoms with E-state index in [0.29, 0.717) is 22.0 Å². The summed E-state index contributed by atoms with van der Waals surface area (Å²) in [7, 11) is 0. The Morgan fingerprint density at radius 1 is 1.40 bits per heavy atom. The fourth-order valence-corrected chi connectivity index (χ4v) is 2.47. The van der Waals surface area contributed by atoms with Gasteiger partial charge in [-0.15, -0.1) is 0 Å². The van der Waals surface area contributed by atoms with E-state index in [2.05, 4.69) is 15.7 Å². The van der Waals surface area contributed by atoms with Gasteiger partial charge >= 0.3 is 5.97 Å². The largest absolute Gasteiger partial charge is 0.480 e. The molecule has 0 aromatic heterocycles. The first kappa shape index (κ1) is 20.7. The predicted molar refractivity (Wildman–Crippen MR) is 95.0 cm³/mol. The number of anilines is 1. The first-order chi connectivity index (χ1) is 11.7. The topological polar surface area (TPSA) is 169 Å². The molecular weight excluding hydrogens is 375 g/mol. The standard InChI is InChI=1S/C13H18Cl2N6O4/c14-8-4-7(5-9(15)11(8)16)6-19-10(12(22)23)2-1-3-18-13(17)20-21(24)25/h4-5,10,19H,1-3,6,16H2,(H,22,23)(H3,17,18,20)/t10-/m1/s1. The third kappa shape index (κ3) is 7.42. The molecule has 0 saturated carbocycles. The third-order valence-corrected chi connectivity index (χ3v) is 3.78. The Bertz CT molecular complexity index is 647. The van der Waals surface area contributed by atoms with E-state index in [-0.39, 0.29) is 31.2 Å². The number of hydrogen-bond donors (Lipinski definition) is 5. The zero-order chi connectivity index (χ0) is 19.0. The molecule has 0 bridgehead atoms. The maximum atomic E-state index is 11.3. The zero-order valence-electron chi connectivity index (χ0n) is 13.0. The number of benzene rings is 1. The highest BCUT2D eigenvalue weighted by Crippen LogP contribution is 2.28. The SMILES string of the molecule is N/C(=N/[N+](=O)[O-])NCCC[C@@H](NCc1cc(Cl)c(N)c(Cl)c1)C(=O)O. The smallest absolute Gasteiger partial charge is 0.320 e. The van der Waals surface area contributed by atoms with Crippen molar-refractivity contribution in [3.8, 4) is 0 Å². The third-order valence-electron chi connectivity index (χ3n) is 3.15. The molecule has 25 heavy (non-hydrogen) atoms. The van der Waals surface area contributed by atoms with E-state index in [4.69, 9.17) is 34.7 Å². The molecule has 10 nitrogen and oxygen atoms in total. The molecule has 0 amide bonds. The van der Waals surface area contributed by atoms with Gasteiger partial charge in [0.05, 0.1) is 15.7 Å². The molecule has 0 fully saturated rings. The van der Waals surface area contributed by atoms with E-state index in [0.717, 1.165) is 0 Å². The van der Waals surface area contributed by atoms with Crippen molar-refractivity contribution in [2.75, 3.05) is 12.3 Å². The van der Waals surface area contributed by atoms with Crippen LogP contribution in [0.2, 0.25) is 10.0 Å². The van der Waals surface area contributed by atoms with Crippen LogP contribution >= 0.6 is 23.2 Å². The van der Waals surface area contributed by atoms with E-state index in [9.17, 15) is 20.0 Å². The number of nitro groups is 1. The Morgan fingerprint density at radius 2 is 2.00 bits per heavy atom. The van der Waals surface area contributed by atoms with Crippen LogP contribution in [0.3, 0.4) is 0 Å². The minimum absolute atomic E-state index is 0.231. The molecule has 0 saturated heterocycles. The van der Waals surface area contributed by atoms with Gasteiger partial charge in [0.15, 0.2) is 5.03 Å². The van der Waals surface area contributed by atoms with E-state index in [1.54, 1.807) is 12.1 Å². The van der Waals surface area contributed by atoms with Crippen molar-refractivity contribution in [2.45, 2.75) is 25.4 Å². The molecule has 0 spiro atoms. The lowest BCUT2D eigenvalue weighted by Crippen LogP contribution is -2.38. The van der Waals surface area contributed by atoms with Gasteiger partial charge in [-0.25, -0.2) is 10.1 Å². The number of hydrazone groups is 1. The number of nitrogens with one attached hydrogen (secondary N) is 2. The van der Waals surface area contributed by atoms with Gasteiger partial charge in [0.1, 0.15) is 11.1 Å². The number of halogens is 2. The number of nitrogens with two attached hydrogens (primary N) is 2. The summed E-state index contributed by atoms with van der Waals surface area (Å²) in [5.41, 5.74) is 11.9. The number of guanidine groups is 1. The Morgan fingerprint density at radius 3 is 2.52 bits per heavy atom. The summed E-state index contributed by atoms with van der Waals surface area (Å²) >= 11 is 11.9. The molecule has 138 valence electrons. The lowest BCUT2D eigenvalue weighted by Gasteiger charge is -2.15. The highest BCUT2D eigenvalue weighted by atomic mass is 35.5. The molecule has 1 aromatic rings. The molecule has 12 heteroatoms. The van der Waals surface area contributed by atoms with Gasteiger partial charge in [-0.1, -0.05) is 23.2 Å². The van der Waals surface area contributed by atoms with Crippen molar-refractivity contribution in [1.29, 1.82) is 0 Å². The monoisotopic (exact) mass is 392 g/mol. The van der Waals surface area contributed by atoms with Crippen LogP contribution < -0.4 is 22.1 Å². The van der Waals surface area contributed by atoms with Crippen molar-refractivity contribution < 1.29 is 14.9 Å². The van der Waals surface area contributed by atoms with E-state index < -0.39 is 17.0 Å². The molecule has 7 N–H and O–H groups in total. The molecule has 0 radical (unpaired) electrons. The Balaban J connectivity index is 2.50. The molecule has 1 atom stereocenters. The summed E-state index contributed by atoms with van der Waals surface area (Å²) in [6.45, 7) is 0.475. The zero-order valence-corrected chi connectivity index (χ0v) is 14.5. The first-order valence-electron chi connectivity index (χ1n) is 7.12. The number of nitrogen functional groups attached to an aromatic ring is 1. The second kappa shape index (κ2) is 9.87. The Labute approximate surface area is 153 Å². The van der Waals surface area contributed by atoms with Gasteiger partial charge in [-0.2, -0.15) is 0 Å². The number of rotatable bonds is 9. The number of nitrogens with zero attached hydrogens (tertiary/aromatic N) is 2. The highest BCUT2D eigenvalue weighted by molar-refractivity contribution is 6.38. The highest BCUT2D eigenvalue weighted by Gasteiger charge is 2.17. The minimum atomic E-state index is -1.03. The van der Waals surface area contributed by atoms with Crippen LogP contribution in [0.25, 0.3) is 0 Å². The molecular formula is C13H18Cl2N6O4. The molecule has 0 unspecified atom stereocenters. The summed E-state index contributed by atoms with van der Waals surface area (Å²) in [5.74, 6) is -1.37. The fraction of sp³-hybridized carbons (Fsp3) is 0.385. The maximum Gasteiger partial charge on any atom is 0.320 e. The van der Waals surface area contributed by atoms with Crippen molar-refractivity contribution in [1.82, 2.24) is 10.6 Å². The molecule has 0 heterocycles. The van der Waals surface area contributed by atoms with E-state index >= 15 is 0 Å². The van der Waals surface area contributed by atoms with Crippen LogP contribution in [0.5, 0.6) is 0 Å². The number of hydrogen-bond acceptors (Lipinski definition) is 5. The normalized spacial score (nSPS) is 12.6. The van der Waals surface area contributed by atoms with Crippen LogP contribution in [0.1, 0.15) is 18.4 Å². The molecule has 0 aliphatic rings. The summed E-state index contributed by atoms with van der Waals surface area (Å²) < 4.78 is 0. The first-order valence-corrected chi connectivity index (χ1v) is 7.88. The van der Waals surface area contributed by atoms with Gasteiger partial charge in [0.25, 0.3) is 5.96 Å². The van der Waals surface area contributed by atoms with Crippen LogP contribution in [-0.2, 0) is 11.3 Å². The second-order valence-electron chi connectivity index (χ2n) is 5.04. The van der Waals surface area contributed by atoms with Crippen LogP contribution in [0.4, 0.5) is 5.69 Å². The maximum absolute atomic E-state index is 11.3. The molecule has 0 aliphatic heterocycles. The number of carboxylic acids is 1. The molecule has 1 aromatic carbocycles. The summed E-state index contributed by atoms with van der Waals surface area (Å²) in [6.07, 6.45) is 0.672. The minimum Gasteiger partial charge on any atom is -0.480 e. The van der Waals surface area contributed by atoms with Crippen molar-refractivity contribution in [2.24, 2.45) is 10.8 Å². The fourth-order valence-electron chi connectivity index (χ4n) is 1.94. The number of aliphatic carboxylic acids is 1. The molecule has 0 aliphatic carbocycles. The van der Waals surface area contributed by atoms with Crippen molar-refractivity contribution in [3.63, 3.8) is 0 Å². The van der Waals surface area contributed by atoms with Crippen LogP contribution in [0.15, 0.2) is 17.2 Å². The average Bonchev–Trinajstić information content (AvgIpc) is 2.50. The quantitative estimate of drug-likeness (QED) is 0.103. The lowest BCUT2D eigenvalue weighted by atomic mass is 10.1. The Kier molecular flexibility index (Phi) is 8.19. The predicted octanol–water partition coefficient (Wildman–Crippen LogP) is 0.995. The van der Waals surface area contributed by atoms with Crippen LogP contribution in [0, 0.1) is 10.1 Å². The summed E-state index contributed by atoms with van der Waals surface area (Å²) in [4.78, 5) is 21.4. The number of carboxylic acid groups (broad SMARTS) is 1. The second-order valence-corrected chi connectivity index (χ2v) is 5.85. The van der Waals surface area contributed by atoms with Crippen molar-refractivity contribution in [3.05, 3.63) is 37.9 Å². The van der Waals surface area contributed by atoms with E-state index in [1.165, 1.54) is 0 Å². The van der Waals surface area contributed by atoms with Gasteiger partial charge in [-0.3, -0.25) is 4.79 Å². The van der Waals surface area contributed by atoms with E-state index in [1.807, 2.05) is 0 Å². The van der Waals surface area contributed by atoms with Crippen LogP contribution in [-0.4, -0.2) is 34.7 Å². The lowest BCUT2D eigenvalue weighted by molar-refractivity contribution is -0.485. The van der Waals surface area contributed by atoms with Gasteiger partial charge in [-0.05, 0) is 30.5 Å². The van der Waals surface area contributed by atoms with Gasteiger partial charge < -0.3 is 27.2 Å². The number of carbonyl (C=O) groups is 1. The van der Waals surface area contributed by atoms with Gasteiger partial charge in [0, 0.05) is 13.1 Å². The van der Waals surface area contributed by atoms with Gasteiger partial charge in [0.2, 0.25) is 0 Å². The summed E-state index contributed by atoms with van der Waals surface area (Å²) in [5, 5.41) is 27.3. The Hall–Kier alpha value is -2.30. The van der Waals surface area contributed by atoms with Crippen molar-refractivity contribution >= 4 is 40.8 Å². The average molecular weight is 393 g/mol. The summed E-state index contributed by atoms with van der Waals surface area (Å²) in [6, 6.07) is 2.38. The molecule has 1 rings (SSSR count).